The predicted octanol–water partition coefficient (Wildman–Crippen LogP) is 4.98. The predicted molar refractivity (Wildman–Crippen MR) is 71.2 cm³/mol. The monoisotopic (exact) mass is 260 g/mol. The molecule has 1 heterocycles. The second kappa shape index (κ2) is 4.46. The summed E-state index contributed by atoms with van der Waals surface area (Å²) in [5.41, 5.74) is 2.23. The van der Waals surface area contributed by atoms with Gasteiger partial charge in [-0.15, -0.1) is 11.6 Å². The molecule has 0 fully saturated rings. The third-order valence-corrected chi connectivity index (χ3v) is 3.18. The van der Waals surface area contributed by atoms with Crippen molar-refractivity contribution in [1.82, 2.24) is 0 Å². The molecular formula is C15H10ClFO. The van der Waals surface area contributed by atoms with Gasteiger partial charge in [0.1, 0.15) is 17.2 Å². The first-order valence-corrected chi connectivity index (χ1v) is 6.15. The van der Waals surface area contributed by atoms with E-state index in [0.29, 0.717) is 17.2 Å². The van der Waals surface area contributed by atoms with Crippen LogP contribution in [0.3, 0.4) is 0 Å². The second-order valence-corrected chi connectivity index (χ2v) is 4.36. The van der Waals surface area contributed by atoms with Crippen molar-refractivity contribution in [2.75, 3.05) is 0 Å². The average Bonchev–Trinajstić information content (AvgIpc) is 2.81. The molecule has 0 unspecified atom stereocenters. The number of hydrogen-bond acceptors (Lipinski definition) is 1. The van der Waals surface area contributed by atoms with Crippen LogP contribution in [0.25, 0.3) is 22.3 Å². The van der Waals surface area contributed by atoms with Crippen LogP contribution in [0.1, 0.15) is 5.56 Å². The molecule has 0 radical (unpaired) electrons. The number of alkyl halides is 1. The lowest BCUT2D eigenvalue weighted by Gasteiger charge is -1.97. The summed E-state index contributed by atoms with van der Waals surface area (Å²) >= 11 is 5.79. The Morgan fingerprint density at radius 1 is 1.06 bits per heavy atom. The highest BCUT2D eigenvalue weighted by Crippen LogP contribution is 2.30. The highest BCUT2D eigenvalue weighted by atomic mass is 35.5. The van der Waals surface area contributed by atoms with E-state index >= 15 is 0 Å². The largest absolute Gasteiger partial charge is 0.456 e. The maximum atomic E-state index is 13.7. The summed E-state index contributed by atoms with van der Waals surface area (Å²) in [6.07, 6.45) is 0. The van der Waals surface area contributed by atoms with Crippen LogP contribution in [-0.4, -0.2) is 0 Å². The summed E-state index contributed by atoms with van der Waals surface area (Å²) < 4.78 is 19.3. The van der Waals surface area contributed by atoms with Crippen molar-refractivity contribution in [3.8, 4) is 11.3 Å². The first kappa shape index (κ1) is 11.3. The summed E-state index contributed by atoms with van der Waals surface area (Å²) in [7, 11) is 0. The lowest BCUT2D eigenvalue weighted by molar-refractivity contribution is 0.601. The van der Waals surface area contributed by atoms with E-state index in [4.69, 9.17) is 16.0 Å². The Balaban J connectivity index is 2.17. The molecule has 2 aromatic carbocycles. The molecule has 0 saturated carbocycles. The molecule has 0 spiro atoms. The van der Waals surface area contributed by atoms with E-state index in [-0.39, 0.29) is 5.82 Å². The Labute approximate surface area is 109 Å². The number of fused-ring (bicyclic) bond motifs is 1. The van der Waals surface area contributed by atoms with Crippen LogP contribution >= 0.6 is 11.6 Å². The van der Waals surface area contributed by atoms with Gasteiger partial charge in [-0.3, -0.25) is 0 Å². The quantitative estimate of drug-likeness (QED) is 0.593. The molecule has 0 aliphatic carbocycles. The van der Waals surface area contributed by atoms with Gasteiger partial charge in [0.15, 0.2) is 0 Å². The zero-order chi connectivity index (χ0) is 12.5. The summed E-state index contributed by atoms with van der Waals surface area (Å²) in [6, 6.07) is 14.1. The molecule has 3 aromatic rings. The van der Waals surface area contributed by atoms with Gasteiger partial charge < -0.3 is 4.42 Å². The zero-order valence-electron chi connectivity index (χ0n) is 9.49. The summed E-state index contributed by atoms with van der Waals surface area (Å²) in [5.74, 6) is 0.708. The van der Waals surface area contributed by atoms with Gasteiger partial charge in [0, 0.05) is 11.3 Å². The topological polar surface area (TPSA) is 13.1 Å². The third kappa shape index (κ3) is 1.89. The molecule has 90 valence electrons. The smallest absolute Gasteiger partial charge is 0.138 e. The molecule has 3 heteroatoms. The fourth-order valence-corrected chi connectivity index (χ4v) is 2.14. The first-order chi connectivity index (χ1) is 8.78. The molecule has 0 amide bonds. The molecule has 0 bridgehead atoms. The first-order valence-electron chi connectivity index (χ1n) is 5.61. The number of furan rings is 1. The van der Waals surface area contributed by atoms with Gasteiger partial charge in [-0.1, -0.05) is 18.2 Å². The lowest BCUT2D eigenvalue weighted by atomic mass is 10.1. The van der Waals surface area contributed by atoms with Crippen molar-refractivity contribution in [2.45, 2.75) is 5.88 Å². The summed E-state index contributed by atoms with van der Waals surface area (Å²) in [5, 5.41) is 0.936. The maximum absolute atomic E-state index is 13.7. The molecule has 0 saturated heterocycles. The highest BCUT2D eigenvalue weighted by Gasteiger charge is 2.10. The van der Waals surface area contributed by atoms with Gasteiger partial charge in [0.05, 0.1) is 5.56 Å². The van der Waals surface area contributed by atoms with Crippen LogP contribution < -0.4 is 0 Å². The Morgan fingerprint density at radius 3 is 2.67 bits per heavy atom. The minimum Gasteiger partial charge on any atom is -0.456 e. The molecule has 1 aromatic heterocycles. The van der Waals surface area contributed by atoms with E-state index in [9.17, 15) is 4.39 Å². The fraction of sp³-hybridized carbons (Fsp3) is 0.0667. The van der Waals surface area contributed by atoms with Crippen molar-refractivity contribution >= 4 is 22.6 Å². The molecule has 3 rings (SSSR count). The minimum atomic E-state index is -0.283. The van der Waals surface area contributed by atoms with Crippen LogP contribution in [0, 0.1) is 5.82 Å². The van der Waals surface area contributed by atoms with E-state index in [0.717, 1.165) is 16.5 Å². The van der Waals surface area contributed by atoms with E-state index < -0.39 is 0 Å². The van der Waals surface area contributed by atoms with E-state index in [1.165, 1.54) is 6.07 Å². The van der Waals surface area contributed by atoms with Crippen LogP contribution in [0.4, 0.5) is 4.39 Å². The molecule has 0 aliphatic rings. The van der Waals surface area contributed by atoms with E-state index in [2.05, 4.69) is 0 Å². The molecule has 0 aliphatic heterocycles. The van der Waals surface area contributed by atoms with Crippen molar-refractivity contribution in [1.29, 1.82) is 0 Å². The molecule has 1 nitrogen and oxygen atoms in total. The van der Waals surface area contributed by atoms with Gasteiger partial charge in [0.2, 0.25) is 0 Å². The van der Waals surface area contributed by atoms with Gasteiger partial charge >= 0.3 is 0 Å². The third-order valence-electron chi connectivity index (χ3n) is 2.87. The fourth-order valence-electron chi connectivity index (χ4n) is 1.97. The van der Waals surface area contributed by atoms with E-state index in [1.807, 2.05) is 24.3 Å². The Kier molecular flexibility index (Phi) is 2.80. The van der Waals surface area contributed by atoms with E-state index in [1.54, 1.807) is 18.2 Å². The SMILES string of the molecule is Fc1ccccc1-c1cc2cc(CCl)ccc2o1. The Hall–Kier alpha value is -1.80. The standard InChI is InChI=1S/C15H10ClFO/c16-9-10-5-6-14-11(7-10)8-15(18-14)12-3-1-2-4-13(12)17/h1-8H,9H2. The van der Waals surface area contributed by atoms with Gasteiger partial charge in [-0.25, -0.2) is 4.39 Å². The van der Waals surface area contributed by atoms with Crippen molar-refractivity contribution in [2.24, 2.45) is 0 Å². The molecule has 18 heavy (non-hydrogen) atoms. The minimum absolute atomic E-state index is 0.283. The number of benzene rings is 2. The van der Waals surface area contributed by atoms with Gasteiger partial charge in [0.25, 0.3) is 0 Å². The number of halogens is 2. The van der Waals surface area contributed by atoms with Crippen molar-refractivity contribution < 1.29 is 8.81 Å². The highest BCUT2D eigenvalue weighted by molar-refractivity contribution is 6.17. The lowest BCUT2D eigenvalue weighted by Crippen LogP contribution is -1.79. The van der Waals surface area contributed by atoms with Crippen LogP contribution in [0.5, 0.6) is 0 Å². The molecule has 0 atom stereocenters. The molecular weight excluding hydrogens is 251 g/mol. The molecule has 0 N–H and O–H groups in total. The van der Waals surface area contributed by atoms with Crippen molar-refractivity contribution in [3.05, 3.63) is 59.9 Å². The number of hydrogen-bond donors (Lipinski definition) is 0. The second-order valence-electron chi connectivity index (χ2n) is 4.10. The Bertz CT molecular complexity index is 703. The van der Waals surface area contributed by atoms with Gasteiger partial charge in [-0.05, 0) is 35.9 Å². The average molecular weight is 261 g/mol. The van der Waals surface area contributed by atoms with Crippen LogP contribution in [0.2, 0.25) is 0 Å². The van der Waals surface area contributed by atoms with Crippen molar-refractivity contribution in [3.63, 3.8) is 0 Å². The normalized spacial score (nSPS) is 11.0. The Morgan fingerprint density at radius 2 is 1.89 bits per heavy atom. The number of rotatable bonds is 2. The maximum Gasteiger partial charge on any atom is 0.138 e. The van der Waals surface area contributed by atoms with Gasteiger partial charge in [-0.2, -0.15) is 0 Å². The van der Waals surface area contributed by atoms with Crippen LogP contribution in [-0.2, 0) is 5.88 Å². The van der Waals surface area contributed by atoms with Crippen LogP contribution in [0.15, 0.2) is 52.9 Å². The summed E-state index contributed by atoms with van der Waals surface area (Å²) in [6.45, 7) is 0. The zero-order valence-corrected chi connectivity index (χ0v) is 10.2. The summed E-state index contributed by atoms with van der Waals surface area (Å²) in [4.78, 5) is 0.